The van der Waals surface area contributed by atoms with Gasteiger partial charge in [0.2, 0.25) is 0 Å². The van der Waals surface area contributed by atoms with Crippen LogP contribution in [0.25, 0.3) is 11.5 Å². The van der Waals surface area contributed by atoms with Crippen molar-refractivity contribution in [3.63, 3.8) is 0 Å². The molecule has 0 bridgehead atoms. The number of nitrogens with zero attached hydrogens (tertiary/aromatic N) is 5. The SMILES string of the molecule is Cc1ncn(C)c1-c1nc(C2CCCC2)nn1[C@@H]1CCCC[C@H]1O. The normalized spacial score (nSPS) is 25.5. The molecule has 6 nitrogen and oxygen atoms in total. The van der Waals surface area contributed by atoms with Crippen LogP contribution < -0.4 is 0 Å². The molecule has 0 amide bonds. The van der Waals surface area contributed by atoms with Crippen LogP contribution in [0.2, 0.25) is 0 Å². The third-order valence-electron chi connectivity index (χ3n) is 5.71. The van der Waals surface area contributed by atoms with E-state index in [-0.39, 0.29) is 12.1 Å². The Bertz CT molecular complexity index is 694. The molecule has 0 spiro atoms. The van der Waals surface area contributed by atoms with E-state index in [1.165, 1.54) is 25.7 Å². The highest BCUT2D eigenvalue weighted by Gasteiger charge is 2.32. The number of hydrogen-bond acceptors (Lipinski definition) is 4. The van der Waals surface area contributed by atoms with Crippen LogP contribution in [0.1, 0.15) is 74.8 Å². The van der Waals surface area contributed by atoms with Crippen molar-refractivity contribution in [2.45, 2.75) is 76.4 Å². The lowest BCUT2D eigenvalue weighted by atomic mass is 9.92. The van der Waals surface area contributed by atoms with Gasteiger partial charge in [-0.2, -0.15) is 5.10 Å². The Kier molecular flexibility index (Phi) is 4.16. The molecule has 0 saturated heterocycles. The van der Waals surface area contributed by atoms with Gasteiger partial charge in [0.15, 0.2) is 11.6 Å². The van der Waals surface area contributed by atoms with Crippen molar-refractivity contribution in [1.82, 2.24) is 24.3 Å². The van der Waals surface area contributed by atoms with Crippen LogP contribution in [0, 0.1) is 6.92 Å². The molecule has 130 valence electrons. The molecule has 6 heteroatoms. The molecule has 2 aliphatic rings. The van der Waals surface area contributed by atoms with Gasteiger partial charge in [0, 0.05) is 13.0 Å². The zero-order valence-corrected chi connectivity index (χ0v) is 14.6. The van der Waals surface area contributed by atoms with Gasteiger partial charge in [-0.25, -0.2) is 14.6 Å². The Hall–Kier alpha value is -1.69. The van der Waals surface area contributed by atoms with Crippen LogP contribution in [-0.2, 0) is 7.05 Å². The fourth-order valence-corrected chi connectivity index (χ4v) is 4.33. The minimum atomic E-state index is -0.329. The van der Waals surface area contributed by atoms with E-state index in [0.29, 0.717) is 5.92 Å². The monoisotopic (exact) mass is 329 g/mol. The Labute approximate surface area is 142 Å². The van der Waals surface area contributed by atoms with Crippen molar-refractivity contribution in [3.05, 3.63) is 17.8 Å². The van der Waals surface area contributed by atoms with Gasteiger partial charge in [0.25, 0.3) is 0 Å². The first kappa shape index (κ1) is 15.8. The third kappa shape index (κ3) is 2.66. The van der Waals surface area contributed by atoms with Gasteiger partial charge in [-0.15, -0.1) is 0 Å². The lowest BCUT2D eigenvalue weighted by molar-refractivity contribution is 0.0698. The highest BCUT2D eigenvalue weighted by molar-refractivity contribution is 5.54. The molecule has 0 aliphatic heterocycles. The fourth-order valence-electron chi connectivity index (χ4n) is 4.33. The number of hydrogen-bond donors (Lipinski definition) is 1. The topological polar surface area (TPSA) is 68.8 Å². The van der Waals surface area contributed by atoms with E-state index in [4.69, 9.17) is 10.1 Å². The molecule has 24 heavy (non-hydrogen) atoms. The molecule has 2 aromatic rings. The first-order chi connectivity index (χ1) is 11.6. The average molecular weight is 329 g/mol. The second kappa shape index (κ2) is 6.31. The highest BCUT2D eigenvalue weighted by atomic mass is 16.3. The third-order valence-corrected chi connectivity index (χ3v) is 5.71. The van der Waals surface area contributed by atoms with Gasteiger partial charge < -0.3 is 9.67 Å². The zero-order chi connectivity index (χ0) is 16.7. The van der Waals surface area contributed by atoms with E-state index >= 15 is 0 Å². The molecular weight excluding hydrogens is 302 g/mol. The number of aliphatic hydroxyl groups is 1. The summed E-state index contributed by atoms with van der Waals surface area (Å²) in [6.45, 7) is 2.01. The number of rotatable bonds is 3. The van der Waals surface area contributed by atoms with Crippen molar-refractivity contribution in [2.75, 3.05) is 0 Å². The number of imidazole rings is 1. The Morgan fingerprint density at radius 2 is 1.79 bits per heavy atom. The molecule has 2 aliphatic carbocycles. The molecule has 0 radical (unpaired) electrons. The second-order valence-corrected chi connectivity index (χ2v) is 7.43. The molecule has 2 saturated carbocycles. The van der Waals surface area contributed by atoms with Gasteiger partial charge in [0.05, 0.1) is 24.2 Å². The fraction of sp³-hybridized carbons (Fsp3) is 0.722. The summed E-state index contributed by atoms with van der Waals surface area (Å²) >= 11 is 0. The van der Waals surface area contributed by atoms with Crippen molar-refractivity contribution in [2.24, 2.45) is 7.05 Å². The maximum absolute atomic E-state index is 10.5. The van der Waals surface area contributed by atoms with Gasteiger partial charge in [-0.05, 0) is 32.6 Å². The summed E-state index contributed by atoms with van der Waals surface area (Å²) in [6.07, 6.45) is 10.5. The van der Waals surface area contributed by atoms with Gasteiger partial charge >= 0.3 is 0 Å². The number of aliphatic hydroxyl groups excluding tert-OH is 1. The quantitative estimate of drug-likeness (QED) is 0.939. The molecule has 0 unspecified atom stereocenters. The zero-order valence-electron chi connectivity index (χ0n) is 14.6. The lowest BCUT2D eigenvalue weighted by Gasteiger charge is -2.28. The summed E-state index contributed by atoms with van der Waals surface area (Å²) in [5.74, 6) is 2.31. The van der Waals surface area contributed by atoms with Crippen molar-refractivity contribution in [3.8, 4) is 11.5 Å². The van der Waals surface area contributed by atoms with Crippen molar-refractivity contribution in [1.29, 1.82) is 0 Å². The summed E-state index contributed by atoms with van der Waals surface area (Å²) in [7, 11) is 2.00. The smallest absolute Gasteiger partial charge is 0.177 e. The van der Waals surface area contributed by atoms with E-state index in [1.807, 2.05) is 29.5 Å². The highest BCUT2D eigenvalue weighted by Crippen LogP contribution is 2.37. The van der Waals surface area contributed by atoms with Gasteiger partial charge in [-0.3, -0.25) is 0 Å². The number of aromatic nitrogens is 5. The average Bonchev–Trinajstić information content (AvgIpc) is 3.28. The predicted molar refractivity (Wildman–Crippen MR) is 91.7 cm³/mol. The van der Waals surface area contributed by atoms with Crippen LogP contribution in [-0.4, -0.2) is 35.5 Å². The van der Waals surface area contributed by atoms with Crippen LogP contribution >= 0.6 is 0 Å². The molecule has 2 aromatic heterocycles. The maximum atomic E-state index is 10.5. The molecule has 2 atom stereocenters. The maximum Gasteiger partial charge on any atom is 0.177 e. The van der Waals surface area contributed by atoms with E-state index in [2.05, 4.69) is 4.98 Å². The van der Waals surface area contributed by atoms with Crippen LogP contribution in [0.4, 0.5) is 0 Å². The minimum Gasteiger partial charge on any atom is -0.391 e. The van der Waals surface area contributed by atoms with Crippen LogP contribution in [0.3, 0.4) is 0 Å². The van der Waals surface area contributed by atoms with E-state index < -0.39 is 0 Å². The lowest BCUT2D eigenvalue weighted by Crippen LogP contribution is -2.29. The molecule has 2 fully saturated rings. The summed E-state index contributed by atoms with van der Waals surface area (Å²) in [6, 6.07) is 0.0331. The number of aryl methyl sites for hydroxylation is 2. The second-order valence-electron chi connectivity index (χ2n) is 7.43. The van der Waals surface area contributed by atoms with E-state index in [1.54, 1.807) is 0 Å². The van der Waals surface area contributed by atoms with Crippen LogP contribution in [0.15, 0.2) is 6.33 Å². The summed E-state index contributed by atoms with van der Waals surface area (Å²) in [4.78, 5) is 9.37. The van der Waals surface area contributed by atoms with E-state index in [9.17, 15) is 5.11 Å². The summed E-state index contributed by atoms with van der Waals surface area (Å²) in [5.41, 5.74) is 1.99. The summed E-state index contributed by atoms with van der Waals surface area (Å²) < 4.78 is 4.03. The first-order valence-electron chi connectivity index (χ1n) is 9.28. The largest absolute Gasteiger partial charge is 0.391 e. The standard InChI is InChI=1S/C18H27N5O/c1-12-16(22(2)11-19-12)18-20-17(13-7-3-4-8-13)21-23(18)14-9-5-6-10-15(14)24/h11,13-15,24H,3-10H2,1-2H3/t14-,15-/m1/s1. The predicted octanol–water partition coefficient (Wildman–Crippen LogP) is 3.12. The molecule has 4 rings (SSSR count). The molecule has 2 heterocycles. The Balaban J connectivity index is 1.80. The molecule has 1 N–H and O–H groups in total. The van der Waals surface area contributed by atoms with Crippen LogP contribution in [0.5, 0.6) is 0 Å². The Morgan fingerprint density at radius 3 is 2.46 bits per heavy atom. The van der Waals surface area contributed by atoms with Crippen molar-refractivity contribution < 1.29 is 5.11 Å². The molecule has 0 aromatic carbocycles. The minimum absolute atomic E-state index is 0.0331. The van der Waals surface area contributed by atoms with E-state index in [0.717, 1.165) is 48.7 Å². The van der Waals surface area contributed by atoms with Gasteiger partial charge in [0.1, 0.15) is 5.69 Å². The van der Waals surface area contributed by atoms with Crippen molar-refractivity contribution >= 4 is 0 Å². The van der Waals surface area contributed by atoms with Gasteiger partial charge in [-0.1, -0.05) is 25.7 Å². The molecular formula is C18H27N5O. The Morgan fingerprint density at radius 1 is 1.08 bits per heavy atom. The first-order valence-corrected chi connectivity index (χ1v) is 9.28. The summed E-state index contributed by atoms with van der Waals surface area (Å²) in [5, 5.41) is 15.5.